The number of carbonyl (C=O) groups excluding carboxylic acids is 1. The molecule has 9 nitrogen and oxygen atoms in total. The van der Waals surface area contributed by atoms with Gasteiger partial charge in [0.25, 0.3) is 0 Å². The molecular weight excluding hydrogens is 438 g/mol. The molecule has 33 heavy (non-hydrogen) atoms. The molecule has 166 valence electrons. The van der Waals surface area contributed by atoms with Crippen molar-refractivity contribution in [3.8, 4) is 11.3 Å². The third kappa shape index (κ3) is 6.11. The molecule has 0 saturated carbocycles. The molecule has 0 aliphatic rings. The number of carbonyl (C=O) groups is 1. The van der Waals surface area contributed by atoms with Gasteiger partial charge in [0.1, 0.15) is 6.61 Å². The number of hydrogen-bond donors (Lipinski definition) is 3. The van der Waals surface area contributed by atoms with Gasteiger partial charge in [0.15, 0.2) is 16.9 Å². The van der Waals surface area contributed by atoms with Crippen LogP contribution in [0.2, 0.25) is 0 Å². The number of nitrogen functional groups attached to an aromatic ring is 1. The molecule has 2 aromatic carbocycles. The van der Waals surface area contributed by atoms with E-state index >= 15 is 0 Å². The maximum atomic E-state index is 12.1. The number of nitrogens with one attached hydrogen (secondary N) is 1. The van der Waals surface area contributed by atoms with Crippen LogP contribution in [-0.4, -0.2) is 27.1 Å². The first-order valence-corrected chi connectivity index (χ1v) is 10.9. The first-order valence-electron chi connectivity index (χ1n) is 10.0. The summed E-state index contributed by atoms with van der Waals surface area (Å²) in [5.41, 5.74) is 15.4. The van der Waals surface area contributed by atoms with Crippen LogP contribution >= 0.6 is 11.3 Å². The second-order valence-electron chi connectivity index (χ2n) is 6.94. The number of para-hydroxylation sites is 1. The van der Waals surface area contributed by atoms with E-state index in [0.29, 0.717) is 22.3 Å². The summed E-state index contributed by atoms with van der Waals surface area (Å²) in [7, 11) is 0. The van der Waals surface area contributed by atoms with Crippen LogP contribution in [0.3, 0.4) is 0 Å². The maximum Gasteiger partial charge on any atom is 0.312 e. The van der Waals surface area contributed by atoms with Crippen molar-refractivity contribution in [3.63, 3.8) is 0 Å². The fraction of sp³-hybridized carbons (Fsp3) is 0.0870. The van der Waals surface area contributed by atoms with Crippen LogP contribution in [0.5, 0.6) is 0 Å². The highest BCUT2D eigenvalue weighted by Gasteiger charge is 2.10. The number of thiazole rings is 1. The minimum atomic E-state index is -0.398. The number of aliphatic imine (C=N–C) groups is 1. The maximum absolute atomic E-state index is 12.1. The molecule has 0 fully saturated rings. The normalized spacial score (nSPS) is 11.2. The Hall–Kier alpha value is -4.31. The molecule has 0 radical (unpaired) electrons. The largest absolute Gasteiger partial charge is 0.460 e. The number of benzene rings is 2. The lowest BCUT2D eigenvalue weighted by atomic mass is 10.1. The number of aromatic nitrogens is 3. The Morgan fingerprint density at radius 1 is 1.03 bits per heavy atom. The van der Waals surface area contributed by atoms with Crippen LogP contribution in [0.15, 0.2) is 77.1 Å². The highest BCUT2D eigenvalue weighted by Crippen LogP contribution is 2.19. The van der Waals surface area contributed by atoms with Gasteiger partial charge in [0, 0.05) is 22.2 Å². The lowest BCUT2D eigenvalue weighted by molar-refractivity contribution is -0.144. The van der Waals surface area contributed by atoms with Gasteiger partial charge in [-0.25, -0.2) is 4.98 Å². The van der Waals surface area contributed by atoms with E-state index in [9.17, 15) is 4.79 Å². The van der Waals surface area contributed by atoms with Gasteiger partial charge in [0.2, 0.25) is 0 Å². The molecule has 0 amide bonds. The third-order valence-corrected chi connectivity index (χ3v) is 5.24. The molecule has 0 saturated heterocycles. The smallest absolute Gasteiger partial charge is 0.312 e. The Labute approximate surface area is 194 Å². The van der Waals surface area contributed by atoms with E-state index in [1.165, 1.54) is 11.3 Å². The zero-order valence-corrected chi connectivity index (χ0v) is 18.3. The Morgan fingerprint density at radius 2 is 1.82 bits per heavy atom. The number of guanidine groups is 1. The zero-order chi connectivity index (χ0) is 23.0. The first-order chi connectivity index (χ1) is 16.1. The topological polar surface area (TPSA) is 141 Å². The Kier molecular flexibility index (Phi) is 6.86. The third-order valence-electron chi connectivity index (χ3n) is 4.52. The van der Waals surface area contributed by atoms with Gasteiger partial charge in [-0.05, 0) is 18.2 Å². The van der Waals surface area contributed by atoms with Crippen LogP contribution in [0.25, 0.3) is 11.3 Å². The summed E-state index contributed by atoms with van der Waals surface area (Å²) in [6.45, 7) is 0.0699. The number of nitrogens with two attached hydrogens (primary N) is 2. The SMILES string of the molecule is NC(=Nc1ccc(-c2ccccc2)nn1)Nc1ccccc1COC(=O)Cc1csc(N)n1. The van der Waals surface area contributed by atoms with Crippen molar-refractivity contribution < 1.29 is 9.53 Å². The molecule has 4 aromatic rings. The number of esters is 1. The van der Waals surface area contributed by atoms with E-state index in [-0.39, 0.29) is 19.0 Å². The molecule has 2 aromatic heterocycles. The van der Waals surface area contributed by atoms with Gasteiger partial charge >= 0.3 is 5.97 Å². The van der Waals surface area contributed by atoms with Crippen molar-refractivity contribution in [2.75, 3.05) is 11.1 Å². The summed E-state index contributed by atoms with van der Waals surface area (Å²) < 4.78 is 5.38. The van der Waals surface area contributed by atoms with Crippen LogP contribution < -0.4 is 16.8 Å². The van der Waals surface area contributed by atoms with Crippen LogP contribution in [0, 0.1) is 0 Å². The summed E-state index contributed by atoms with van der Waals surface area (Å²) in [6.07, 6.45) is 0.0601. The Bertz CT molecular complexity index is 1260. The standard InChI is InChI=1S/C23H21N7O2S/c24-22(28-20-11-10-19(29-30-20)15-6-2-1-3-7-15)27-18-9-5-4-8-16(18)13-32-21(31)12-17-14-33-23(25)26-17/h1-11,14H,12-13H2,(H2,25,26)(H3,24,27,28,30). The Balaban J connectivity index is 1.38. The van der Waals surface area contributed by atoms with Crippen molar-refractivity contribution in [1.29, 1.82) is 0 Å². The molecule has 0 aliphatic heterocycles. The van der Waals surface area contributed by atoms with Crippen molar-refractivity contribution in [3.05, 3.63) is 83.4 Å². The quantitative estimate of drug-likeness (QED) is 0.216. The molecule has 5 N–H and O–H groups in total. The number of rotatable bonds is 7. The average Bonchev–Trinajstić information content (AvgIpc) is 3.24. The van der Waals surface area contributed by atoms with Gasteiger partial charge in [-0.2, -0.15) is 4.99 Å². The van der Waals surface area contributed by atoms with Crippen molar-refractivity contribution in [2.45, 2.75) is 13.0 Å². The van der Waals surface area contributed by atoms with Crippen LogP contribution in [-0.2, 0) is 22.6 Å². The molecule has 2 heterocycles. The number of anilines is 2. The number of ether oxygens (including phenoxy) is 1. The second-order valence-corrected chi connectivity index (χ2v) is 7.83. The molecule has 4 rings (SSSR count). The zero-order valence-electron chi connectivity index (χ0n) is 17.5. The lowest BCUT2D eigenvalue weighted by Gasteiger charge is -2.11. The van der Waals surface area contributed by atoms with Crippen molar-refractivity contribution in [1.82, 2.24) is 15.2 Å². The highest BCUT2D eigenvalue weighted by atomic mass is 32.1. The predicted molar refractivity (Wildman–Crippen MR) is 129 cm³/mol. The van der Waals surface area contributed by atoms with E-state index in [2.05, 4.69) is 25.5 Å². The number of hydrogen-bond acceptors (Lipinski definition) is 8. The van der Waals surface area contributed by atoms with Gasteiger partial charge in [-0.3, -0.25) is 4.79 Å². The van der Waals surface area contributed by atoms with E-state index < -0.39 is 5.97 Å². The van der Waals surface area contributed by atoms with E-state index in [4.69, 9.17) is 16.2 Å². The monoisotopic (exact) mass is 459 g/mol. The summed E-state index contributed by atoms with van der Waals surface area (Å²) in [4.78, 5) is 20.4. The predicted octanol–water partition coefficient (Wildman–Crippen LogP) is 3.53. The molecular formula is C23H21N7O2S. The van der Waals surface area contributed by atoms with E-state index in [1.54, 1.807) is 11.4 Å². The fourth-order valence-corrected chi connectivity index (χ4v) is 3.53. The van der Waals surface area contributed by atoms with Crippen LogP contribution in [0.1, 0.15) is 11.3 Å². The average molecular weight is 460 g/mol. The minimum absolute atomic E-state index is 0.0601. The summed E-state index contributed by atoms with van der Waals surface area (Å²) >= 11 is 1.28. The van der Waals surface area contributed by atoms with E-state index in [0.717, 1.165) is 16.8 Å². The second kappa shape index (κ2) is 10.3. The molecule has 10 heteroatoms. The van der Waals surface area contributed by atoms with Crippen molar-refractivity contribution in [2.24, 2.45) is 10.7 Å². The fourth-order valence-electron chi connectivity index (χ4n) is 2.97. The molecule has 0 spiro atoms. The highest BCUT2D eigenvalue weighted by molar-refractivity contribution is 7.13. The first kappa shape index (κ1) is 21.9. The molecule has 0 atom stereocenters. The molecule has 0 aliphatic carbocycles. The van der Waals surface area contributed by atoms with Crippen LogP contribution in [0.4, 0.5) is 16.6 Å². The van der Waals surface area contributed by atoms with Gasteiger partial charge in [-0.1, -0.05) is 48.5 Å². The Morgan fingerprint density at radius 3 is 2.55 bits per heavy atom. The molecule has 0 unspecified atom stereocenters. The van der Waals surface area contributed by atoms with Crippen molar-refractivity contribution >= 4 is 39.9 Å². The van der Waals surface area contributed by atoms with Gasteiger partial charge in [0.05, 0.1) is 17.8 Å². The summed E-state index contributed by atoms with van der Waals surface area (Å²) in [5, 5.41) is 13.5. The summed E-state index contributed by atoms with van der Waals surface area (Å²) in [6, 6.07) is 20.6. The summed E-state index contributed by atoms with van der Waals surface area (Å²) in [5.74, 6) is 0.102. The minimum Gasteiger partial charge on any atom is -0.460 e. The molecule has 0 bridgehead atoms. The van der Waals surface area contributed by atoms with E-state index in [1.807, 2.05) is 60.7 Å². The van der Waals surface area contributed by atoms with Gasteiger partial charge < -0.3 is 21.5 Å². The van der Waals surface area contributed by atoms with Gasteiger partial charge in [-0.15, -0.1) is 21.5 Å². The lowest BCUT2D eigenvalue weighted by Crippen LogP contribution is -2.23. The number of nitrogens with zero attached hydrogens (tertiary/aromatic N) is 4.